The fourth-order valence-electron chi connectivity index (χ4n) is 2.94. The highest BCUT2D eigenvalue weighted by molar-refractivity contribution is 9.10. The molecule has 0 heterocycles. The van der Waals surface area contributed by atoms with E-state index in [0.29, 0.717) is 6.10 Å². The zero-order chi connectivity index (χ0) is 13.8. The fourth-order valence-corrected chi connectivity index (χ4v) is 3.56. The van der Waals surface area contributed by atoms with Crippen molar-refractivity contribution >= 4 is 15.9 Å². The van der Waals surface area contributed by atoms with Crippen molar-refractivity contribution in [2.24, 2.45) is 5.92 Å². The molecule has 1 N–H and O–H groups in total. The monoisotopic (exact) mass is 325 g/mol. The summed E-state index contributed by atoms with van der Waals surface area (Å²) < 4.78 is 7.46. The maximum Gasteiger partial charge on any atom is 0.127 e. The third-order valence-corrected chi connectivity index (χ3v) is 4.31. The third kappa shape index (κ3) is 3.96. The number of nitrogens with one attached hydrogen (secondary N) is 1. The molecule has 3 heteroatoms. The molecule has 1 aliphatic carbocycles. The Morgan fingerprint density at radius 1 is 1.37 bits per heavy atom. The second-order valence-corrected chi connectivity index (χ2v) is 6.67. The maximum absolute atomic E-state index is 6.33. The molecule has 2 atom stereocenters. The van der Waals surface area contributed by atoms with Gasteiger partial charge < -0.3 is 10.1 Å². The molecule has 0 bridgehead atoms. The zero-order valence-electron chi connectivity index (χ0n) is 12.1. The Hall–Kier alpha value is -0.540. The summed E-state index contributed by atoms with van der Waals surface area (Å²) in [6, 6.07) is 4.30. The summed E-state index contributed by atoms with van der Waals surface area (Å²) in [5, 5.41) is 3.22. The maximum atomic E-state index is 6.33. The fraction of sp³-hybridized carbons (Fsp3) is 0.625. The number of halogens is 1. The summed E-state index contributed by atoms with van der Waals surface area (Å²) in [6.07, 6.45) is 5.41. The first-order valence-electron chi connectivity index (χ1n) is 7.20. The Morgan fingerprint density at radius 3 is 2.84 bits per heavy atom. The molecule has 1 aromatic rings. The Balaban J connectivity index is 2.18. The van der Waals surface area contributed by atoms with Gasteiger partial charge >= 0.3 is 0 Å². The van der Waals surface area contributed by atoms with Crippen LogP contribution in [-0.4, -0.2) is 13.2 Å². The van der Waals surface area contributed by atoms with Gasteiger partial charge in [0.1, 0.15) is 5.75 Å². The molecule has 1 aromatic carbocycles. The van der Waals surface area contributed by atoms with E-state index >= 15 is 0 Å². The summed E-state index contributed by atoms with van der Waals surface area (Å²) in [6.45, 7) is 5.31. The van der Waals surface area contributed by atoms with Crippen LogP contribution < -0.4 is 10.1 Å². The molecule has 0 spiro atoms. The average Bonchev–Trinajstić information content (AvgIpc) is 2.34. The Labute approximate surface area is 125 Å². The highest BCUT2D eigenvalue weighted by Crippen LogP contribution is 2.33. The summed E-state index contributed by atoms with van der Waals surface area (Å²) >= 11 is 3.57. The Kier molecular flexibility index (Phi) is 5.28. The standard InChI is InChI=1S/C16H24BrNO/c1-11-5-4-6-15(7-11)19-16-12(2)8-14(17)9-13(16)10-18-3/h8-9,11,15,18H,4-7,10H2,1-3H3. The van der Waals surface area contributed by atoms with Crippen LogP contribution in [0.3, 0.4) is 0 Å². The van der Waals surface area contributed by atoms with Crippen molar-refractivity contribution in [1.82, 2.24) is 5.32 Å². The van der Waals surface area contributed by atoms with Crippen LogP contribution in [0.5, 0.6) is 5.75 Å². The van der Waals surface area contributed by atoms with E-state index in [1.165, 1.54) is 36.8 Å². The van der Waals surface area contributed by atoms with Gasteiger partial charge in [0.2, 0.25) is 0 Å². The van der Waals surface area contributed by atoms with Crippen LogP contribution >= 0.6 is 15.9 Å². The molecule has 1 saturated carbocycles. The van der Waals surface area contributed by atoms with E-state index in [2.05, 4.69) is 47.2 Å². The molecule has 0 amide bonds. The SMILES string of the molecule is CNCc1cc(Br)cc(C)c1OC1CCCC(C)C1. The predicted molar refractivity (Wildman–Crippen MR) is 83.7 cm³/mol. The number of rotatable bonds is 4. The average molecular weight is 326 g/mol. The topological polar surface area (TPSA) is 21.3 Å². The Bertz CT molecular complexity index is 433. The third-order valence-electron chi connectivity index (χ3n) is 3.86. The lowest BCUT2D eigenvalue weighted by atomic mass is 9.88. The van der Waals surface area contributed by atoms with E-state index in [1.807, 2.05) is 7.05 Å². The van der Waals surface area contributed by atoms with E-state index in [0.717, 1.165) is 22.7 Å². The van der Waals surface area contributed by atoms with Crippen molar-refractivity contribution in [2.75, 3.05) is 7.05 Å². The number of ether oxygens (including phenoxy) is 1. The molecule has 1 aliphatic rings. The molecule has 0 radical (unpaired) electrons. The second-order valence-electron chi connectivity index (χ2n) is 5.75. The minimum absolute atomic E-state index is 0.388. The first-order chi connectivity index (χ1) is 9.10. The summed E-state index contributed by atoms with van der Waals surface area (Å²) in [7, 11) is 1.97. The van der Waals surface area contributed by atoms with Crippen molar-refractivity contribution in [3.8, 4) is 5.75 Å². The highest BCUT2D eigenvalue weighted by Gasteiger charge is 2.22. The van der Waals surface area contributed by atoms with Crippen LogP contribution in [0.1, 0.15) is 43.7 Å². The molecular weight excluding hydrogens is 302 g/mol. The van der Waals surface area contributed by atoms with Crippen molar-refractivity contribution in [3.63, 3.8) is 0 Å². The van der Waals surface area contributed by atoms with Gasteiger partial charge in [-0.25, -0.2) is 0 Å². The van der Waals surface area contributed by atoms with Crippen LogP contribution in [0, 0.1) is 12.8 Å². The van der Waals surface area contributed by atoms with Gasteiger partial charge in [-0.1, -0.05) is 29.3 Å². The van der Waals surface area contributed by atoms with Gasteiger partial charge in [-0.3, -0.25) is 0 Å². The van der Waals surface area contributed by atoms with E-state index < -0.39 is 0 Å². The molecular formula is C16H24BrNO. The molecule has 0 aliphatic heterocycles. The smallest absolute Gasteiger partial charge is 0.127 e. The molecule has 2 unspecified atom stereocenters. The second kappa shape index (κ2) is 6.76. The van der Waals surface area contributed by atoms with Crippen LogP contribution in [0.15, 0.2) is 16.6 Å². The molecule has 1 fully saturated rings. The number of aryl methyl sites for hydroxylation is 1. The van der Waals surface area contributed by atoms with Gasteiger partial charge in [-0.15, -0.1) is 0 Å². The molecule has 0 saturated heterocycles. The summed E-state index contributed by atoms with van der Waals surface area (Å²) in [5.74, 6) is 1.87. The van der Waals surface area contributed by atoms with Gasteiger partial charge in [0.05, 0.1) is 6.10 Å². The van der Waals surface area contributed by atoms with E-state index in [1.54, 1.807) is 0 Å². The highest BCUT2D eigenvalue weighted by atomic mass is 79.9. The number of hydrogen-bond acceptors (Lipinski definition) is 2. The van der Waals surface area contributed by atoms with Crippen molar-refractivity contribution in [3.05, 3.63) is 27.7 Å². The van der Waals surface area contributed by atoms with Gasteiger partial charge in [-0.2, -0.15) is 0 Å². The minimum atomic E-state index is 0.388. The van der Waals surface area contributed by atoms with Crippen LogP contribution in [0.4, 0.5) is 0 Å². The predicted octanol–water partition coefficient (Wildman–Crippen LogP) is 4.43. The van der Waals surface area contributed by atoms with Gasteiger partial charge in [0.15, 0.2) is 0 Å². The normalized spacial score (nSPS) is 23.4. The molecule has 19 heavy (non-hydrogen) atoms. The molecule has 106 valence electrons. The largest absolute Gasteiger partial charge is 0.490 e. The van der Waals surface area contributed by atoms with Crippen LogP contribution in [-0.2, 0) is 6.54 Å². The van der Waals surface area contributed by atoms with E-state index in [4.69, 9.17) is 4.74 Å². The van der Waals surface area contributed by atoms with Crippen LogP contribution in [0.2, 0.25) is 0 Å². The van der Waals surface area contributed by atoms with Gasteiger partial charge in [0.25, 0.3) is 0 Å². The van der Waals surface area contributed by atoms with Crippen molar-refractivity contribution in [2.45, 2.75) is 52.2 Å². The summed E-state index contributed by atoms with van der Waals surface area (Å²) in [4.78, 5) is 0. The van der Waals surface area contributed by atoms with Gasteiger partial charge in [0, 0.05) is 16.6 Å². The first-order valence-corrected chi connectivity index (χ1v) is 7.99. The van der Waals surface area contributed by atoms with Gasteiger partial charge in [-0.05, 0) is 56.8 Å². The van der Waals surface area contributed by atoms with E-state index in [-0.39, 0.29) is 0 Å². The Morgan fingerprint density at radius 2 is 2.16 bits per heavy atom. The van der Waals surface area contributed by atoms with Crippen LogP contribution in [0.25, 0.3) is 0 Å². The minimum Gasteiger partial charge on any atom is -0.490 e. The number of benzene rings is 1. The zero-order valence-corrected chi connectivity index (χ0v) is 13.7. The molecule has 2 rings (SSSR count). The lowest BCUT2D eigenvalue weighted by Crippen LogP contribution is -2.25. The lowest BCUT2D eigenvalue weighted by Gasteiger charge is -2.29. The van der Waals surface area contributed by atoms with E-state index in [9.17, 15) is 0 Å². The summed E-state index contributed by atoms with van der Waals surface area (Å²) in [5.41, 5.74) is 2.46. The van der Waals surface area contributed by atoms with Crippen molar-refractivity contribution in [1.29, 1.82) is 0 Å². The lowest BCUT2D eigenvalue weighted by molar-refractivity contribution is 0.127. The molecule has 0 aromatic heterocycles. The molecule has 2 nitrogen and oxygen atoms in total. The first kappa shape index (κ1) is 14.9. The van der Waals surface area contributed by atoms with Crippen molar-refractivity contribution < 1.29 is 4.74 Å². The quantitative estimate of drug-likeness (QED) is 0.883. The number of hydrogen-bond donors (Lipinski definition) is 1.